The van der Waals surface area contributed by atoms with E-state index < -0.39 is 5.82 Å². The molecule has 0 atom stereocenters. The van der Waals surface area contributed by atoms with Crippen molar-refractivity contribution in [2.24, 2.45) is 0 Å². The molecule has 2 aromatic carbocycles. The Morgan fingerprint density at radius 3 is 2.65 bits per heavy atom. The molecule has 0 bridgehead atoms. The molecule has 0 amide bonds. The Kier molecular flexibility index (Phi) is 8.76. The number of hydrogen-bond donors (Lipinski definition) is 1. The summed E-state index contributed by atoms with van der Waals surface area (Å²) in [4.78, 5) is 4.12. The van der Waals surface area contributed by atoms with Gasteiger partial charge in [-0.3, -0.25) is 0 Å². The predicted octanol–water partition coefficient (Wildman–Crippen LogP) is 5.67. The van der Waals surface area contributed by atoms with Gasteiger partial charge in [0.1, 0.15) is 12.4 Å². The van der Waals surface area contributed by atoms with E-state index in [-0.39, 0.29) is 6.61 Å². The van der Waals surface area contributed by atoms with Crippen LogP contribution in [0.5, 0.6) is 17.4 Å². The summed E-state index contributed by atoms with van der Waals surface area (Å²) < 4.78 is 30.0. The van der Waals surface area contributed by atoms with E-state index in [2.05, 4.69) is 10.3 Å². The summed E-state index contributed by atoms with van der Waals surface area (Å²) in [5.74, 6) is 1.15. The Balaban J connectivity index is 1.50. The Labute approximate surface area is 191 Å². The van der Waals surface area contributed by atoms with Crippen molar-refractivity contribution in [3.8, 4) is 17.4 Å². The highest BCUT2D eigenvalue weighted by molar-refractivity contribution is 6.32. The maximum atomic E-state index is 13.2. The number of halogens is 3. The van der Waals surface area contributed by atoms with Gasteiger partial charge in [0.2, 0.25) is 5.88 Å². The summed E-state index contributed by atoms with van der Waals surface area (Å²) in [6, 6.07) is 13.4. The minimum atomic E-state index is -0.399. The predicted molar refractivity (Wildman–Crippen MR) is 120 cm³/mol. The van der Waals surface area contributed by atoms with Crippen LogP contribution in [0.3, 0.4) is 0 Å². The van der Waals surface area contributed by atoms with Crippen LogP contribution in [0, 0.1) is 5.82 Å². The SMILES string of the molecule is COc1cc(CNCCCOc2ccccn2)cc(Cl)c1OCc1ccc(F)cc1Cl. The molecule has 8 heteroatoms. The summed E-state index contributed by atoms with van der Waals surface area (Å²) in [5, 5.41) is 4.07. The number of aromatic nitrogens is 1. The van der Waals surface area contributed by atoms with Crippen molar-refractivity contribution in [3.05, 3.63) is 81.7 Å². The molecule has 1 aromatic heterocycles. The number of nitrogens with zero attached hydrogens (tertiary/aromatic N) is 1. The Morgan fingerprint density at radius 1 is 1.03 bits per heavy atom. The van der Waals surface area contributed by atoms with E-state index in [1.807, 2.05) is 30.3 Å². The smallest absolute Gasteiger partial charge is 0.213 e. The Bertz CT molecular complexity index is 990. The number of nitrogens with one attached hydrogen (secondary N) is 1. The average Bonchev–Trinajstić information content (AvgIpc) is 2.77. The van der Waals surface area contributed by atoms with E-state index >= 15 is 0 Å². The van der Waals surface area contributed by atoms with Gasteiger partial charge in [-0.05, 0) is 48.9 Å². The first-order valence-corrected chi connectivity index (χ1v) is 10.5. The third-order valence-electron chi connectivity index (χ3n) is 4.39. The molecule has 1 N–H and O–H groups in total. The number of rotatable bonds is 11. The van der Waals surface area contributed by atoms with Crippen molar-refractivity contribution in [2.45, 2.75) is 19.6 Å². The monoisotopic (exact) mass is 464 g/mol. The van der Waals surface area contributed by atoms with Crippen molar-refractivity contribution in [2.75, 3.05) is 20.3 Å². The highest BCUT2D eigenvalue weighted by atomic mass is 35.5. The normalized spacial score (nSPS) is 10.7. The Hall–Kier alpha value is -2.54. The average molecular weight is 465 g/mol. The molecule has 164 valence electrons. The zero-order valence-corrected chi connectivity index (χ0v) is 18.5. The first-order valence-electron chi connectivity index (χ1n) is 9.74. The molecule has 3 rings (SSSR count). The molecule has 1 heterocycles. The third kappa shape index (κ3) is 6.99. The van der Waals surface area contributed by atoms with Crippen LogP contribution in [0.2, 0.25) is 10.0 Å². The first kappa shape index (κ1) is 23.1. The number of benzene rings is 2. The van der Waals surface area contributed by atoms with E-state index in [9.17, 15) is 4.39 Å². The van der Waals surface area contributed by atoms with E-state index in [1.54, 1.807) is 19.4 Å². The fourth-order valence-electron chi connectivity index (χ4n) is 2.84. The lowest BCUT2D eigenvalue weighted by Crippen LogP contribution is -2.17. The van der Waals surface area contributed by atoms with Gasteiger partial charge in [-0.25, -0.2) is 9.37 Å². The van der Waals surface area contributed by atoms with Crippen LogP contribution < -0.4 is 19.5 Å². The molecule has 3 aromatic rings. The van der Waals surface area contributed by atoms with Crippen LogP contribution in [-0.2, 0) is 13.2 Å². The lowest BCUT2D eigenvalue weighted by Gasteiger charge is -2.15. The number of pyridine rings is 1. The van der Waals surface area contributed by atoms with Crippen LogP contribution in [0.4, 0.5) is 4.39 Å². The van der Waals surface area contributed by atoms with Crippen molar-refractivity contribution in [1.29, 1.82) is 0 Å². The molecular weight excluding hydrogens is 442 g/mol. The van der Waals surface area contributed by atoms with Gasteiger partial charge in [-0.15, -0.1) is 0 Å². The molecule has 0 aliphatic heterocycles. The maximum Gasteiger partial charge on any atom is 0.213 e. The van der Waals surface area contributed by atoms with E-state index in [1.165, 1.54) is 12.1 Å². The molecule has 0 saturated heterocycles. The Morgan fingerprint density at radius 2 is 1.90 bits per heavy atom. The van der Waals surface area contributed by atoms with Crippen molar-refractivity contribution < 1.29 is 18.6 Å². The molecule has 0 aliphatic carbocycles. The van der Waals surface area contributed by atoms with Crippen LogP contribution in [0.15, 0.2) is 54.7 Å². The van der Waals surface area contributed by atoms with E-state index in [4.69, 9.17) is 37.4 Å². The van der Waals surface area contributed by atoms with Crippen molar-refractivity contribution >= 4 is 23.2 Å². The summed E-state index contributed by atoms with van der Waals surface area (Å²) >= 11 is 12.5. The highest BCUT2D eigenvalue weighted by Gasteiger charge is 2.13. The zero-order chi connectivity index (χ0) is 22.1. The molecule has 0 aliphatic rings. The molecule has 5 nitrogen and oxygen atoms in total. The van der Waals surface area contributed by atoms with E-state index in [0.717, 1.165) is 18.5 Å². The third-order valence-corrected chi connectivity index (χ3v) is 5.02. The topological polar surface area (TPSA) is 52.6 Å². The number of hydrogen-bond acceptors (Lipinski definition) is 5. The van der Waals surface area contributed by atoms with Crippen LogP contribution >= 0.6 is 23.2 Å². The molecule has 0 spiro atoms. The summed E-state index contributed by atoms with van der Waals surface area (Å²) in [6.07, 6.45) is 2.54. The quantitative estimate of drug-likeness (QED) is 0.370. The van der Waals surface area contributed by atoms with Gasteiger partial charge in [-0.2, -0.15) is 0 Å². The maximum absolute atomic E-state index is 13.2. The fourth-order valence-corrected chi connectivity index (χ4v) is 3.35. The first-order chi connectivity index (χ1) is 15.1. The van der Waals surface area contributed by atoms with Crippen molar-refractivity contribution in [3.63, 3.8) is 0 Å². The second-order valence-electron chi connectivity index (χ2n) is 6.68. The van der Waals surface area contributed by atoms with Crippen molar-refractivity contribution in [1.82, 2.24) is 10.3 Å². The van der Waals surface area contributed by atoms with Gasteiger partial charge in [-0.1, -0.05) is 35.3 Å². The van der Waals surface area contributed by atoms with E-state index in [0.29, 0.717) is 46.1 Å². The number of methoxy groups -OCH3 is 1. The largest absolute Gasteiger partial charge is 0.493 e. The number of ether oxygens (including phenoxy) is 3. The van der Waals surface area contributed by atoms with Gasteiger partial charge in [0, 0.05) is 24.4 Å². The summed E-state index contributed by atoms with van der Waals surface area (Å²) in [7, 11) is 1.55. The molecule has 0 unspecified atom stereocenters. The van der Waals surface area contributed by atoms with Crippen LogP contribution in [0.1, 0.15) is 17.5 Å². The molecule has 0 saturated carbocycles. The molecular formula is C23H23Cl2FN2O3. The van der Waals surface area contributed by atoms with Gasteiger partial charge in [0.05, 0.1) is 23.8 Å². The standard InChI is InChI=1S/C23H23Cl2FN2O3/c1-29-21-12-16(14-27-8-4-10-30-22-5-2-3-9-28-22)11-20(25)23(21)31-15-17-6-7-18(26)13-19(17)24/h2-3,5-7,9,11-13,27H,4,8,10,14-15H2,1H3. The summed E-state index contributed by atoms with van der Waals surface area (Å²) in [6.45, 7) is 2.10. The second-order valence-corrected chi connectivity index (χ2v) is 7.49. The molecule has 0 fully saturated rings. The zero-order valence-electron chi connectivity index (χ0n) is 17.0. The van der Waals surface area contributed by atoms with Gasteiger partial charge < -0.3 is 19.5 Å². The molecule has 0 radical (unpaired) electrons. The lowest BCUT2D eigenvalue weighted by molar-refractivity contribution is 0.284. The van der Waals surface area contributed by atoms with Gasteiger partial charge in [0.15, 0.2) is 11.5 Å². The fraction of sp³-hybridized carbons (Fsp3) is 0.261. The lowest BCUT2D eigenvalue weighted by atomic mass is 10.2. The van der Waals surface area contributed by atoms with Crippen LogP contribution in [-0.4, -0.2) is 25.2 Å². The van der Waals surface area contributed by atoms with Crippen LogP contribution in [0.25, 0.3) is 0 Å². The van der Waals surface area contributed by atoms with Gasteiger partial charge in [0.25, 0.3) is 0 Å². The highest BCUT2D eigenvalue weighted by Crippen LogP contribution is 2.37. The van der Waals surface area contributed by atoms with Gasteiger partial charge >= 0.3 is 0 Å². The second kappa shape index (κ2) is 11.7. The minimum absolute atomic E-state index is 0.142. The summed E-state index contributed by atoms with van der Waals surface area (Å²) in [5.41, 5.74) is 1.61. The minimum Gasteiger partial charge on any atom is -0.493 e. The molecule has 31 heavy (non-hydrogen) atoms.